The summed E-state index contributed by atoms with van der Waals surface area (Å²) in [6.45, 7) is 8.04. The fourth-order valence-corrected chi connectivity index (χ4v) is 11.4. The molecular weight excluding hydrogens is 911 g/mol. The molecule has 6 heterocycles. The monoisotopic (exact) mass is 964 g/mol. The Morgan fingerprint density at radius 2 is 1.36 bits per heavy atom. The third-order valence-electron chi connectivity index (χ3n) is 14.5. The Labute approximate surface area is 389 Å². The number of allylic oxidation sites excluding steroid dienone is 5. The van der Waals surface area contributed by atoms with Gasteiger partial charge in [-0.15, -0.1) is 5.70 Å². The molecule has 0 amide bonds. The van der Waals surface area contributed by atoms with Crippen LogP contribution in [0.2, 0.25) is 0 Å². The number of carboxylic acid groups (broad SMARTS) is 7. The number of carbonyl (C=O) groups is 8. The second-order valence-corrected chi connectivity index (χ2v) is 18.7. The van der Waals surface area contributed by atoms with Crippen LogP contribution in [0.15, 0.2) is 60.9 Å². The summed E-state index contributed by atoms with van der Waals surface area (Å²) in [7, 11) is 0. The van der Waals surface area contributed by atoms with Crippen molar-refractivity contribution in [2.75, 3.05) is 0 Å². The normalized spacial score (nSPS) is 31.9. The van der Waals surface area contributed by atoms with Crippen molar-refractivity contribution < 1.29 is 95.6 Å². The Balaban J connectivity index is 0.00000817. The molecule has 6 aliphatic heterocycles. The molecule has 1 spiro atoms. The van der Waals surface area contributed by atoms with E-state index in [0.29, 0.717) is 5.57 Å². The Bertz CT molecular complexity index is 2420. The van der Waals surface area contributed by atoms with Crippen LogP contribution in [0.4, 0.5) is 0 Å². The summed E-state index contributed by atoms with van der Waals surface area (Å²) in [6, 6.07) is 0. The van der Waals surface area contributed by atoms with Gasteiger partial charge in [-0.25, -0.2) is 0 Å². The van der Waals surface area contributed by atoms with Gasteiger partial charge in [-0.3, -0.25) is 53.3 Å². The van der Waals surface area contributed by atoms with Crippen LogP contribution in [-0.4, -0.2) is 118 Å². The molecule has 20 nitrogen and oxygen atoms in total. The van der Waals surface area contributed by atoms with E-state index in [9.17, 15) is 74.1 Å². The van der Waals surface area contributed by atoms with Crippen LogP contribution < -0.4 is 0 Å². The average molecular weight is 965 g/mol. The van der Waals surface area contributed by atoms with E-state index < -0.39 is 138 Å². The zero-order valence-electron chi connectivity index (χ0n) is 37.0. The molecule has 8 atom stereocenters. The molecule has 0 aromatic rings. The predicted octanol–water partition coefficient (Wildman–Crippen LogP) is 5.42. The smallest absolute Gasteiger partial charge is 0.664 e. The van der Waals surface area contributed by atoms with Gasteiger partial charge in [-0.2, -0.15) is 5.70 Å². The van der Waals surface area contributed by atoms with Crippen LogP contribution in [-0.2, 0) is 59.9 Å². The van der Waals surface area contributed by atoms with Gasteiger partial charge < -0.3 is 45.8 Å². The number of fused-ring (bicyclic) bond motifs is 4. The Kier molecular flexibility index (Phi) is 14.2. The van der Waals surface area contributed by atoms with Crippen LogP contribution >= 0.6 is 0 Å². The van der Waals surface area contributed by atoms with Crippen LogP contribution in [0, 0.1) is 28.1 Å². The number of esters is 1. The second kappa shape index (κ2) is 18.4. The molecule has 0 aromatic carbocycles. The van der Waals surface area contributed by atoms with E-state index in [0.717, 1.165) is 0 Å². The summed E-state index contributed by atoms with van der Waals surface area (Å²) < 4.78 is 5.95. The fourth-order valence-electron chi connectivity index (χ4n) is 11.4. The molecule has 8 unspecified atom stereocenters. The molecule has 7 N–H and O–H groups in total. The number of hydrogen-bond donors (Lipinski definition) is 7. The molecular formula is C45H53CoN4O16+. The van der Waals surface area contributed by atoms with Crippen molar-refractivity contribution in [2.24, 2.45) is 43.1 Å². The van der Waals surface area contributed by atoms with E-state index in [1.165, 1.54) is 12.2 Å². The van der Waals surface area contributed by atoms with E-state index in [2.05, 4.69) is 0 Å². The minimum Gasteiger partial charge on any atom is -0.664 e. The molecule has 1 fully saturated rings. The molecule has 8 bridgehead atoms. The van der Waals surface area contributed by atoms with Crippen LogP contribution in [0.3, 0.4) is 0 Å². The first-order valence-electron chi connectivity index (χ1n) is 21.3. The molecule has 0 aromatic heterocycles. The summed E-state index contributed by atoms with van der Waals surface area (Å²) in [5.74, 6) is -11.5. The summed E-state index contributed by atoms with van der Waals surface area (Å²) in [6.07, 6.45) is -3.36. The van der Waals surface area contributed by atoms with E-state index in [-0.39, 0.29) is 101 Å². The maximum atomic E-state index is 13.6. The topological polar surface area (TPSA) is 339 Å². The zero-order valence-corrected chi connectivity index (χ0v) is 38.0. The Morgan fingerprint density at radius 3 is 1.94 bits per heavy atom. The number of cyclic esters (lactones) is 1. The number of carboxylic acids is 7. The number of nitrogens with zero attached hydrogens (tertiary/aromatic N) is 4. The molecule has 1 radical (unpaired) electrons. The number of aliphatic imine (C=N–C) groups is 3. The zero-order chi connectivity index (χ0) is 48.2. The van der Waals surface area contributed by atoms with Gasteiger partial charge in [0.25, 0.3) is 0 Å². The maximum Gasteiger partial charge on any atom is 2.00 e. The van der Waals surface area contributed by atoms with E-state index in [4.69, 9.17) is 25.0 Å². The van der Waals surface area contributed by atoms with Crippen LogP contribution in [0.5, 0.6) is 0 Å². The Morgan fingerprint density at radius 1 is 0.742 bits per heavy atom. The minimum atomic E-state index is -1.77. The molecule has 0 aliphatic carbocycles. The first-order valence-corrected chi connectivity index (χ1v) is 21.3. The molecule has 0 saturated carbocycles. The van der Waals surface area contributed by atoms with Gasteiger partial charge in [0, 0.05) is 65.2 Å². The van der Waals surface area contributed by atoms with Gasteiger partial charge in [-0.05, 0) is 63.2 Å². The average Bonchev–Trinajstić information content (AvgIpc) is 3.76. The van der Waals surface area contributed by atoms with Crippen molar-refractivity contribution in [2.45, 2.75) is 135 Å². The molecule has 6 aliphatic rings. The molecule has 6 rings (SSSR count). The van der Waals surface area contributed by atoms with E-state index in [1.807, 2.05) is 0 Å². The number of rotatable bonds is 18. The first kappa shape index (κ1) is 51.0. The minimum absolute atomic E-state index is 0. The third kappa shape index (κ3) is 8.98. The summed E-state index contributed by atoms with van der Waals surface area (Å²) in [4.78, 5) is 117. The SMILES string of the molecule is CC1OC(=O)CC2(C)C(CCC(=O)O)C3=NC12C1=NC(=CC2=NC(C)(CC4=C(CCC(=O)O)C(C)(CC(=O)O)C(=C3)[N-]4)C(CC(=O)O)=C2CCC(=O)O)C(C)(CCC(=O)O)C1CC(=O)O.[Co+2]. The molecule has 357 valence electrons. The molecule has 66 heavy (non-hydrogen) atoms. The van der Waals surface area contributed by atoms with Crippen molar-refractivity contribution >= 4 is 64.9 Å². The van der Waals surface area contributed by atoms with E-state index in [1.54, 1.807) is 34.6 Å². The molecule has 21 heteroatoms. The Hall–Kier alpha value is -5.96. The predicted molar refractivity (Wildman–Crippen MR) is 227 cm³/mol. The van der Waals surface area contributed by atoms with Crippen molar-refractivity contribution in [1.82, 2.24) is 0 Å². The van der Waals surface area contributed by atoms with Crippen molar-refractivity contribution in [3.63, 3.8) is 0 Å². The fraction of sp³-hybridized carbons (Fsp3) is 0.578. The molecule has 1 saturated heterocycles. The van der Waals surface area contributed by atoms with Gasteiger partial charge >= 0.3 is 64.5 Å². The van der Waals surface area contributed by atoms with Crippen molar-refractivity contribution in [3.05, 3.63) is 51.3 Å². The number of hydrogen-bond acceptors (Lipinski definition) is 12. The summed E-state index contributed by atoms with van der Waals surface area (Å²) >= 11 is 0. The quantitative estimate of drug-likeness (QED) is 0.0843. The standard InChI is InChI=1S/C45H54N4O16.Co/c1-21-45-40-26(15-37(60)61)41(2,13-12-35(56)57)30(47-40)16-27-22(6-9-32(50)51)25(14-36(58)59)44(5,48-27)18-29-23(7-10-33(52)53)42(3,19-38(62)63)31(46-29)17-28(49-45)24(8-11-34(54)55)43(45,4)20-39(64)65-21;/h16-17,21,24,26H,6-15,18-20H2,1-5H3,(H8,46,49,50,51,52,53,54,55,56,57,58,59,60,61,62,63);/q;+2/p-1. The van der Waals surface area contributed by atoms with E-state index >= 15 is 0 Å². The number of ether oxygens (including phenoxy) is 1. The number of carbonyl (C=O) groups excluding carboxylic acids is 1. The van der Waals surface area contributed by atoms with Gasteiger partial charge in [0.1, 0.15) is 11.6 Å². The van der Waals surface area contributed by atoms with Crippen LogP contribution in [0.1, 0.15) is 118 Å². The maximum absolute atomic E-state index is 13.6. The third-order valence-corrected chi connectivity index (χ3v) is 14.5. The summed E-state index contributed by atoms with van der Waals surface area (Å²) in [5, 5.41) is 76.2. The second-order valence-electron chi connectivity index (χ2n) is 18.7. The number of aliphatic carboxylic acids is 7. The summed E-state index contributed by atoms with van der Waals surface area (Å²) in [5.41, 5.74) is -6.35. The van der Waals surface area contributed by atoms with Gasteiger partial charge in [-0.1, -0.05) is 32.4 Å². The first-order chi connectivity index (χ1) is 30.2. The van der Waals surface area contributed by atoms with Gasteiger partial charge in [0.05, 0.1) is 42.6 Å². The van der Waals surface area contributed by atoms with Crippen molar-refractivity contribution in [1.29, 1.82) is 0 Å². The van der Waals surface area contributed by atoms with Gasteiger partial charge in [0.2, 0.25) is 0 Å². The van der Waals surface area contributed by atoms with Gasteiger partial charge in [0.15, 0.2) is 0 Å². The largest absolute Gasteiger partial charge is 2.00 e. The van der Waals surface area contributed by atoms with Crippen molar-refractivity contribution in [3.8, 4) is 0 Å². The van der Waals surface area contributed by atoms with Crippen LogP contribution in [0.25, 0.3) is 5.32 Å².